The summed E-state index contributed by atoms with van der Waals surface area (Å²) in [6, 6.07) is 24.5. The average Bonchev–Trinajstić information content (AvgIpc) is 3.46. The molecule has 40 heavy (non-hydrogen) atoms. The van der Waals surface area contributed by atoms with Crippen molar-refractivity contribution in [1.82, 2.24) is 9.47 Å². The van der Waals surface area contributed by atoms with Crippen molar-refractivity contribution < 1.29 is 19.1 Å². The number of methoxy groups -OCH3 is 1. The molecule has 0 radical (unpaired) electrons. The third-order valence-electron chi connectivity index (χ3n) is 7.37. The van der Waals surface area contributed by atoms with Crippen molar-refractivity contribution in [2.75, 3.05) is 26.8 Å². The zero-order valence-corrected chi connectivity index (χ0v) is 22.5. The molecule has 2 heterocycles. The lowest BCUT2D eigenvalue weighted by molar-refractivity contribution is -0.144. The Labute approximate surface area is 232 Å². The van der Waals surface area contributed by atoms with E-state index in [2.05, 4.69) is 0 Å². The topological polar surface area (TPSA) is 104 Å². The predicted molar refractivity (Wildman–Crippen MR) is 154 cm³/mol. The van der Waals surface area contributed by atoms with Gasteiger partial charge in [0.25, 0.3) is 11.5 Å². The maximum atomic E-state index is 13.4. The predicted octanol–water partition coefficient (Wildman–Crippen LogP) is 4.22. The van der Waals surface area contributed by atoms with Crippen LogP contribution in [-0.4, -0.2) is 54.2 Å². The van der Waals surface area contributed by atoms with Gasteiger partial charge in [-0.15, -0.1) is 0 Å². The number of benzene rings is 3. The molecule has 8 nitrogen and oxygen atoms in total. The maximum absolute atomic E-state index is 13.4. The molecule has 3 aromatic carbocycles. The zero-order valence-electron chi connectivity index (χ0n) is 22.5. The monoisotopic (exact) mass is 539 g/mol. The van der Waals surface area contributed by atoms with Crippen LogP contribution in [0.4, 0.5) is 0 Å². The van der Waals surface area contributed by atoms with Crippen LogP contribution in [0, 0.1) is 0 Å². The third-order valence-corrected chi connectivity index (χ3v) is 7.37. The Morgan fingerprint density at radius 1 is 1.00 bits per heavy atom. The summed E-state index contributed by atoms with van der Waals surface area (Å²) in [5.41, 5.74) is 9.36. The molecule has 1 atom stereocenters. The van der Waals surface area contributed by atoms with Crippen LogP contribution in [0.2, 0.25) is 0 Å². The molecule has 0 spiro atoms. The van der Waals surface area contributed by atoms with Gasteiger partial charge < -0.3 is 24.7 Å². The van der Waals surface area contributed by atoms with Crippen LogP contribution >= 0.6 is 0 Å². The van der Waals surface area contributed by atoms with Crippen molar-refractivity contribution in [3.05, 3.63) is 100 Å². The van der Waals surface area contributed by atoms with Crippen LogP contribution in [0.1, 0.15) is 35.2 Å². The number of amides is 1. The van der Waals surface area contributed by atoms with Crippen molar-refractivity contribution in [3.63, 3.8) is 0 Å². The third kappa shape index (κ3) is 5.77. The lowest BCUT2D eigenvalue weighted by atomic mass is 10.0. The minimum absolute atomic E-state index is 0.0940. The molecule has 0 aliphatic carbocycles. The molecule has 1 aromatic heterocycles. The maximum Gasteiger partial charge on any atom is 0.307 e. The van der Waals surface area contributed by atoms with Gasteiger partial charge in [0.1, 0.15) is 12.4 Å². The Bertz CT molecular complexity index is 1560. The number of carbonyl (C=O) groups is 2. The first-order valence-corrected chi connectivity index (χ1v) is 13.5. The van der Waals surface area contributed by atoms with Crippen LogP contribution in [0.15, 0.2) is 83.7 Å². The Morgan fingerprint density at radius 2 is 1.77 bits per heavy atom. The number of rotatable bonds is 9. The number of fused-ring (bicyclic) bond motifs is 1. The number of aromatic nitrogens is 1. The van der Waals surface area contributed by atoms with E-state index in [0.717, 1.165) is 40.4 Å². The lowest BCUT2D eigenvalue weighted by Gasteiger charge is -2.24. The van der Waals surface area contributed by atoms with Gasteiger partial charge in [-0.25, -0.2) is 0 Å². The number of nitrogens with zero attached hydrogens (tertiary/aromatic N) is 2. The summed E-state index contributed by atoms with van der Waals surface area (Å²) in [6.07, 6.45) is 1.82. The molecule has 206 valence electrons. The van der Waals surface area contributed by atoms with Crippen LogP contribution < -0.4 is 16.0 Å². The highest BCUT2D eigenvalue weighted by atomic mass is 16.5. The lowest BCUT2D eigenvalue weighted by Crippen LogP contribution is -2.38. The fraction of sp³-hybridized carbons (Fsp3) is 0.281. The van der Waals surface area contributed by atoms with Crippen LogP contribution in [-0.2, 0) is 16.1 Å². The number of hydrogen-bond donors (Lipinski definition) is 1. The highest BCUT2D eigenvalue weighted by Crippen LogP contribution is 2.30. The molecule has 1 fully saturated rings. The number of ether oxygens (including phenoxy) is 2. The molecule has 0 bridgehead atoms. The van der Waals surface area contributed by atoms with Crippen molar-refractivity contribution in [2.45, 2.75) is 31.8 Å². The van der Waals surface area contributed by atoms with E-state index in [9.17, 15) is 14.4 Å². The quantitative estimate of drug-likeness (QED) is 0.320. The number of hydrogen-bond acceptors (Lipinski definition) is 6. The average molecular weight is 540 g/mol. The normalized spacial score (nSPS) is 14.8. The highest BCUT2D eigenvalue weighted by molar-refractivity contribution is 5.96. The molecule has 1 amide bonds. The molecular weight excluding hydrogens is 506 g/mol. The van der Waals surface area contributed by atoms with Gasteiger partial charge in [0.2, 0.25) is 0 Å². The first-order valence-electron chi connectivity index (χ1n) is 13.5. The Morgan fingerprint density at radius 3 is 2.50 bits per heavy atom. The number of carbonyl (C=O) groups excluding carboxylic acids is 2. The standard InChI is InChI=1S/C32H33N3O5/c1-39-26-13-14-27-28(23-6-3-2-4-7-23)19-30(36)35(29(27)18-26)20-22-9-11-24(12-10-22)32(38)34-17-5-8-25(34)21-40-31(37)15-16-33/h2-4,6-7,9-14,18-19,25H,5,8,15-17,20-21,33H2,1H3/t25-/m0/s1. The fourth-order valence-corrected chi connectivity index (χ4v) is 5.26. The Balaban J connectivity index is 1.38. The van der Waals surface area contributed by atoms with Gasteiger partial charge in [-0.3, -0.25) is 14.4 Å². The van der Waals surface area contributed by atoms with E-state index >= 15 is 0 Å². The number of likely N-dealkylation sites (tertiary alicyclic amines) is 1. The van der Waals surface area contributed by atoms with Crippen molar-refractivity contribution in [3.8, 4) is 16.9 Å². The van der Waals surface area contributed by atoms with Gasteiger partial charge in [0.05, 0.1) is 31.6 Å². The second-order valence-corrected chi connectivity index (χ2v) is 9.94. The molecule has 8 heteroatoms. The van der Waals surface area contributed by atoms with Crippen molar-refractivity contribution in [2.24, 2.45) is 5.73 Å². The zero-order chi connectivity index (χ0) is 28.1. The van der Waals surface area contributed by atoms with Gasteiger partial charge in [0.15, 0.2) is 0 Å². The summed E-state index contributed by atoms with van der Waals surface area (Å²) < 4.78 is 12.5. The molecule has 0 unspecified atom stereocenters. The van der Waals surface area contributed by atoms with E-state index < -0.39 is 0 Å². The summed E-state index contributed by atoms with van der Waals surface area (Å²) >= 11 is 0. The van der Waals surface area contributed by atoms with Crippen LogP contribution in [0.25, 0.3) is 22.0 Å². The van der Waals surface area contributed by atoms with E-state index in [0.29, 0.717) is 24.4 Å². The van der Waals surface area contributed by atoms with E-state index in [1.165, 1.54) is 0 Å². The van der Waals surface area contributed by atoms with Gasteiger partial charge in [-0.05, 0) is 53.8 Å². The molecule has 1 saturated heterocycles. The summed E-state index contributed by atoms with van der Waals surface area (Å²) in [6.45, 7) is 1.39. The first kappa shape index (κ1) is 27.1. The second-order valence-electron chi connectivity index (χ2n) is 9.94. The summed E-state index contributed by atoms with van der Waals surface area (Å²) in [5, 5.41) is 0.950. The van der Waals surface area contributed by atoms with E-state index in [-0.39, 0.29) is 43.1 Å². The Hall–Kier alpha value is -4.43. The van der Waals surface area contributed by atoms with Gasteiger partial charge in [0, 0.05) is 36.2 Å². The number of nitrogens with two attached hydrogens (primary N) is 1. The number of esters is 1. The van der Waals surface area contributed by atoms with E-state index in [1.807, 2.05) is 60.7 Å². The molecule has 5 rings (SSSR count). The van der Waals surface area contributed by atoms with Crippen LogP contribution in [0.5, 0.6) is 5.75 Å². The summed E-state index contributed by atoms with van der Waals surface area (Å²) in [5.74, 6) is 0.229. The molecule has 2 N–H and O–H groups in total. The van der Waals surface area contributed by atoms with Crippen molar-refractivity contribution >= 4 is 22.8 Å². The first-order chi connectivity index (χ1) is 19.5. The SMILES string of the molecule is COc1ccc2c(-c3ccccc3)cc(=O)n(Cc3ccc(C(=O)N4CCC[C@H]4COC(=O)CCN)cc3)c2c1. The van der Waals surface area contributed by atoms with E-state index in [4.69, 9.17) is 15.2 Å². The molecular formula is C32H33N3O5. The largest absolute Gasteiger partial charge is 0.497 e. The van der Waals surface area contributed by atoms with Gasteiger partial charge in [-0.1, -0.05) is 42.5 Å². The fourth-order valence-electron chi connectivity index (χ4n) is 5.26. The summed E-state index contributed by atoms with van der Waals surface area (Å²) in [7, 11) is 1.61. The number of pyridine rings is 1. The van der Waals surface area contributed by atoms with E-state index in [1.54, 1.807) is 34.8 Å². The molecule has 1 aliphatic rings. The molecule has 0 saturated carbocycles. The highest BCUT2D eigenvalue weighted by Gasteiger charge is 2.30. The Kier molecular flexibility index (Phi) is 8.26. The van der Waals surface area contributed by atoms with Gasteiger partial charge in [-0.2, -0.15) is 0 Å². The molecule has 1 aliphatic heterocycles. The summed E-state index contributed by atoms with van der Waals surface area (Å²) in [4.78, 5) is 40.2. The van der Waals surface area contributed by atoms with Crippen molar-refractivity contribution in [1.29, 1.82) is 0 Å². The van der Waals surface area contributed by atoms with Crippen LogP contribution in [0.3, 0.4) is 0 Å². The second kappa shape index (κ2) is 12.2. The minimum Gasteiger partial charge on any atom is -0.497 e. The molecule has 4 aromatic rings. The van der Waals surface area contributed by atoms with Gasteiger partial charge >= 0.3 is 5.97 Å². The smallest absolute Gasteiger partial charge is 0.307 e. The minimum atomic E-state index is -0.344.